The summed E-state index contributed by atoms with van der Waals surface area (Å²) in [7, 11) is 0. The molecule has 0 bridgehead atoms. The van der Waals surface area contributed by atoms with Gasteiger partial charge in [-0.25, -0.2) is 0 Å². The number of rotatable bonds is 4. The van der Waals surface area contributed by atoms with E-state index in [2.05, 4.69) is 15.2 Å². The third kappa shape index (κ3) is 3.07. The highest BCUT2D eigenvalue weighted by molar-refractivity contribution is 5.90. The zero-order chi connectivity index (χ0) is 14.5. The first-order chi connectivity index (χ1) is 10.4. The van der Waals surface area contributed by atoms with Crippen molar-refractivity contribution < 1.29 is 5.11 Å². The number of hydrogen-bond acceptors (Lipinski definition) is 3. The highest BCUT2D eigenvalue weighted by Gasteiger charge is 2.03. The van der Waals surface area contributed by atoms with Gasteiger partial charge in [0.1, 0.15) is 0 Å². The van der Waals surface area contributed by atoms with Crippen LogP contribution >= 0.6 is 0 Å². The monoisotopic (exact) mass is 277 g/mol. The summed E-state index contributed by atoms with van der Waals surface area (Å²) in [6.45, 7) is 0.0389. The van der Waals surface area contributed by atoms with E-state index in [9.17, 15) is 0 Å². The van der Waals surface area contributed by atoms with Gasteiger partial charge < -0.3 is 5.11 Å². The van der Waals surface area contributed by atoms with Gasteiger partial charge in [-0.05, 0) is 35.4 Å². The second-order valence-electron chi connectivity index (χ2n) is 4.62. The van der Waals surface area contributed by atoms with Crippen LogP contribution in [0.5, 0.6) is 0 Å². The first kappa shape index (κ1) is 13.3. The second-order valence-corrected chi connectivity index (χ2v) is 4.62. The molecule has 0 fully saturated rings. The van der Waals surface area contributed by atoms with Gasteiger partial charge in [-0.3, -0.25) is 10.1 Å². The number of aliphatic hydroxyl groups is 1. The number of hydrogen-bond donors (Lipinski definition) is 2. The maximum absolute atomic E-state index is 8.84. The van der Waals surface area contributed by atoms with Gasteiger partial charge in [-0.15, -0.1) is 0 Å². The highest BCUT2D eigenvalue weighted by atomic mass is 16.2. The molecule has 0 spiro atoms. The van der Waals surface area contributed by atoms with Crippen molar-refractivity contribution in [2.75, 3.05) is 6.61 Å². The first-order valence-electron chi connectivity index (χ1n) is 6.70. The number of nitrogens with zero attached hydrogens (tertiary/aromatic N) is 2. The fourth-order valence-electron chi connectivity index (χ4n) is 2.12. The van der Waals surface area contributed by atoms with Crippen molar-refractivity contribution in [3.63, 3.8) is 0 Å². The van der Waals surface area contributed by atoms with Crippen LogP contribution in [0.1, 0.15) is 16.8 Å². The van der Waals surface area contributed by atoms with Crippen LogP contribution in [0.15, 0.2) is 48.8 Å². The summed E-state index contributed by atoms with van der Waals surface area (Å²) in [6, 6.07) is 9.92. The van der Waals surface area contributed by atoms with Gasteiger partial charge in [0.2, 0.25) is 0 Å². The molecule has 3 rings (SSSR count). The second kappa shape index (κ2) is 6.15. The van der Waals surface area contributed by atoms with Crippen molar-refractivity contribution in [1.82, 2.24) is 15.2 Å². The molecule has 0 radical (unpaired) electrons. The van der Waals surface area contributed by atoms with Gasteiger partial charge >= 0.3 is 0 Å². The van der Waals surface area contributed by atoms with Crippen LogP contribution in [-0.2, 0) is 0 Å². The number of aromatic amines is 1. The maximum Gasteiger partial charge on any atom is 0.0927 e. The smallest absolute Gasteiger partial charge is 0.0927 e. The van der Waals surface area contributed by atoms with Crippen LogP contribution < -0.4 is 0 Å². The van der Waals surface area contributed by atoms with Crippen LogP contribution in [0.2, 0.25) is 0 Å². The molecule has 2 heterocycles. The third-order valence-corrected chi connectivity index (χ3v) is 3.15. The highest BCUT2D eigenvalue weighted by Crippen LogP contribution is 2.20. The number of benzene rings is 1. The third-order valence-electron chi connectivity index (χ3n) is 3.15. The first-order valence-corrected chi connectivity index (χ1v) is 6.70. The number of nitrogens with one attached hydrogen (secondary N) is 1. The van der Waals surface area contributed by atoms with Crippen LogP contribution in [0, 0.1) is 0 Å². The molecule has 0 unspecified atom stereocenters. The average molecular weight is 277 g/mol. The average Bonchev–Trinajstić information content (AvgIpc) is 2.94. The van der Waals surface area contributed by atoms with Crippen molar-refractivity contribution in [3.8, 4) is 0 Å². The van der Waals surface area contributed by atoms with Gasteiger partial charge in [0, 0.05) is 17.8 Å². The molecular weight excluding hydrogens is 262 g/mol. The molecule has 0 saturated carbocycles. The van der Waals surface area contributed by atoms with Gasteiger partial charge in [0.25, 0.3) is 0 Å². The molecule has 1 aromatic carbocycles. The predicted molar refractivity (Wildman–Crippen MR) is 85.4 cm³/mol. The minimum Gasteiger partial charge on any atom is -0.392 e. The SMILES string of the molecule is OCC=Cc1ccc2[nH]nc(/C=C/c3cccnc3)c2c1. The number of fused-ring (bicyclic) bond motifs is 1. The summed E-state index contributed by atoms with van der Waals surface area (Å²) >= 11 is 0. The summed E-state index contributed by atoms with van der Waals surface area (Å²) in [6.07, 6.45) is 11.1. The van der Waals surface area contributed by atoms with E-state index in [-0.39, 0.29) is 6.61 Å². The molecular formula is C17H15N3O. The number of aromatic nitrogens is 3. The number of pyridine rings is 1. The molecule has 0 saturated heterocycles. The summed E-state index contributed by atoms with van der Waals surface area (Å²) < 4.78 is 0. The lowest BCUT2D eigenvalue weighted by atomic mass is 10.1. The Bertz CT molecular complexity index is 788. The Morgan fingerprint density at radius 1 is 1.10 bits per heavy atom. The fraction of sp³-hybridized carbons (Fsp3) is 0.0588. The summed E-state index contributed by atoms with van der Waals surface area (Å²) in [5.41, 5.74) is 3.94. The van der Waals surface area contributed by atoms with Crippen LogP contribution in [0.4, 0.5) is 0 Å². The molecule has 0 aliphatic carbocycles. The number of aliphatic hydroxyl groups excluding tert-OH is 1. The topological polar surface area (TPSA) is 61.8 Å². The Morgan fingerprint density at radius 3 is 2.86 bits per heavy atom. The summed E-state index contributed by atoms with van der Waals surface area (Å²) in [5, 5.41) is 17.2. The minimum atomic E-state index is 0.0389. The molecule has 0 atom stereocenters. The van der Waals surface area contributed by atoms with E-state index < -0.39 is 0 Å². The summed E-state index contributed by atoms with van der Waals surface area (Å²) in [5.74, 6) is 0. The molecule has 0 aliphatic heterocycles. The van der Waals surface area contributed by atoms with E-state index in [0.717, 1.165) is 27.7 Å². The largest absolute Gasteiger partial charge is 0.392 e. The lowest BCUT2D eigenvalue weighted by Gasteiger charge is -1.95. The van der Waals surface area contributed by atoms with E-state index in [1.807, 2.05) is 48.6 Å². The van der Waals surface area contributed by atoms with Crippen LogP contribution in [-0.4, -0.2) is 26.9 Å². The Balaban J connectivity index is 1.95. The van der Waals surface area contributed by atoms with E-state index >= 15 is 0 Å². The minimum absolute atomic E-state index is 0.0389. The Hall–Kier alpha value is -2.72. The quantitative estimate of drug-likeness (QED) is 0.770. The fourth-order valence-corrected chi connectivity index (χ4v) is 2.12. The molecule has 21 heavy (non-hydrogen) atoms. The van der Waals surface area contributed by atoms with Crippen molar-refractivity contribution in [2.24, 2.45) is 0 Å². The Morgan fingerprint density at radius 2 is 2.05 bits per heavy atom. The van der Waals surface area contributed by atoms with E-state index in [1.54, 1.807) is 18.5 Å². The van der Waals surface area contributed by atoms with Gasteiger partial charge in [0.15, 0.2) is 0 Å². The molecule has 3 aromatic rings. The van der Waals surface area contributed by atoms with Crippen LogP contribution in [0.3, 0.4) is 0 Å². The van der Waals surface area contributed by atoms with Gasteiger partial charge in [-0.1, -0.05) is 30.4 Å². The lowest BCUT2D eigenvalue weighted by Crippen LogP contribution is -1.77. The standard InChI is InChI=1S/C17H15N3O/c21-10-2-4-13-5-7-16-15(11-13)17(20-19-16)8-6-14-3-1-9-18-12-14/h1-9,11-12,21H,10H2,(H,19,20)/b4-2?,8-6+. The van der Waals surface area contributed by atoms with Crippen molar-refractivity contribution in [1.29, 1.82) is 0 Å². The molecule has 2 N–H and O–H groups in total. The normalized spacial score (nSPS) is 11.9. The van der Waals surface area contributed by atoms with Gasteiger partial charge in [0.05, 0.1) is 17.8 Å². The van der Waals surface area contributed by atoms with Gasteiger partial charge in [-0.2, -0.15) is 5.10 Å². The van der Waals surface area contributed by atoms with Crippen molar-refractivity contribution in [3.05, 3.63) is 65.6 Å². The molecule has 0 aliphatic rings. The zero-order valence-corrected chi connectivity index (χ0v) is 11.4. The van der Waals surface area contributed by atoms with E-state index in [1.165, 1.54) is 0 Å². The zero-order valence-electron chi connectivity index (χ0n) is 11.4. The molecule has 4 heteroatoms. The van der Waals surface area contributed by atoms with Crippen LogP contribution in [0.25, 0.3) is 29.1 Å². The van der Waals surface area contributed by atoms with E-state index in [0.29, 0.717) is 0 Å². The Kier molecular flexibility index (Phi) is 3.89. The molecule has 2 aromatic heterocycles. The predicted octanol–water partition coefficient (Wildman–Crippen LogP) is 3.13. The Labute approximate surface area is 122 Å². The molecule has 104 valence electrons. The maximum atomic E-state index is 8.84. The number of H-pyrrole nitrogens is 1. The van der Waals surface area contributed by atoms with E-state index in [4.69, 9.17) is 5.11 Å². The summed E-state index contributed by atoms with van der Waals surface area (Å²) in [4.78, 5) is 4.08. The molecule has 4 nitrogen and oxygen atoms in total. The van der Waals surface area contributed by atoms with Crippen molar-refractivity contribution >= 4 is 29.1 Å². The molecule has 0 amide bonds. The van der Waals surface area contributed by atoms with Crippen molar-refractivity contribution in [2.45, 2.75) is 0 Å². The lowest BCUT2D eigenvalue weighted by molar-refractivity contribution is 0.343.